The fourth-order valence-corrected chi connectivity index (χ4v) is 3.98. The molecule has 0 saturated heterocycles. The molecule has 0 saturated carbocycles. The molecule has 8 nitrogen and oxygen atoms in total. The van der Waals surface area contributed by atoms with Gasteiger partial charge in [0.25, 0.3) is 0 Å². The predicted molar refractivity (Wildman–Crippen MR) is 129 cm³/mol. The number of carbonyl (C=O) groups is 2. The van der Waals surface area contributed by atoms with Crippen LogP contribution in [0.25, 0.3) is 10.2 Å². The predicted octanol–water partition coefficient (Wildman–Crippen LogP) is 6.14. The van der Waals surface area contributed by atoms with Crippen LogP contribution in [0.4, 0.5) is 22.2 Å². The van der Waals surface area contributed by atoms with Crippen molar-refractivity contribution >= 4 is 78.8 Å². The number of ether oxygens (including phenoxy) is 1. The van der Waals surface area contributed by atoms with Gasteiger partial charge in [-0.15, -0.1) is 16.8 Å². The summed E-state index contributed by atoms with van der Waals surface area (Å²) in [4.78, 5) is 29.6. The van der Waals surface area contributed by atoms with Gasteiger partial charge in [0.2, 0.25) is 11.0 Å². The van der Waals surface area contributed by atoms with Gasteiger partial charge in [0.15, 0.2) is 0 Å². The Morgan fingerprint density at radius 3 is 2.69 bits per heavy atom. The topological polar surface area (TPSA) is 96.2 Å². The lowest BCUT2D eigenvalue weighted by molar-refractivity contribution is -0.138. The molecular formula is C21H19Cl2N5O3S. The zero-order valence-electron chi connectivity index (χ0n) is 17.3. The van der Waals surface area contributed by atoms with Crippen LogP contribution in [0, 0.1) is 0 Å². The molecule has 1 N–H and O–H groups in total. The Kier molecular flexibility index (Phi) is 7.79. The zero-order chi connectivity index (χ0) is 23.3. The molecule has 1 aromatic heterocycles. The highest BCUT2D eigenvalue weighted by Crippen LogP contribution is 2.36. The third-order valence-electron chi connectivity index (χ3n) is 4.22. The molecule has 3 aromatic rings. The van der Waals surface area contributed by atoms with Crippen LogP contribution in [-0.2, 0) is 14.3 Å². The van der Waals surface area contributed by atoms with Crippen LogP contribution in [0.1, 0.15) is 6.92 Å². The van der Waals surface area contributed by atoms with Crippen LogP contribution in [0.3, 0.4) is 0 Å². The fraction of sp³-hybridized carbons (Fsp3) is 0.190. The Morgan fingerprint density at radius 1 is 1.25 bits per heavy atom. The fourth-order valence-electron chi connectivity index (χ4n) is 2.79. The molecule has 0 fully saturated rings. The van der Waals surface area contributed by atoms with Crippen LogP contribution >= 0.6 is 34.5 Å². The molecular weight excluding hydrogens is 473 g/mol. The summed E-state index contributed by atoms with van der Waals surface area (Å²) in [6, 6.07) is 8.56. The van der Waals surface area contributed by atoms with Gasteiger partial charge in [-0.05, 0) is 30.3 Å². The Hall–Kier alpha value is -3.01. The standard InChI is InChI=1S/C21H19Cl2N5O3S/c1-4-7-28(11-20(30)31-3)13-5-6-16(17(8-13)24-12(2)29)26-27-21-25-18-9-14(22)15(23)10-19(18)32-21/h4-6,8-10H,1,7,11H2,2-3H3,(H,24,29). The molecule has 0 unspecified atom stereocenters. The minimum Gasteiger partial charge on any atom is -0.468 e. The van der Waals surface area contributed by atoms with Gasteiger partial charge in [0.1, 0.15) is 12.2 Å². The highest BCUT2D eigenvalue weighted by Gasteiger charge is 2.14. The van der Waals surface area contributed by atoms with Gasteiger partial charge in [-0.1, -0.05) is 40.6 Å². The number of esters is 1. The number of carbonyl (C=O) groups excluding carboxylic acids is 2. The zero-order valence-corrected chi connectivity index (χ0v) is 19.6. The number of aromatic nitrogens is 1. The number of benzene rings is 2. The lowest BCUT2D eigenvalue weighted by Crippen LogP contribution is -2.30. The van der Waals surface area contributed by atoms with Gasteiger partial charge in [-0.3, -0.25) is 9.59 Å². The second kappa shape index (κ2) is 10.5. The number of rotatable bonds is 8. The van der Waals surface area contributed by atoms with Crippen LogP contribution in [0.5, 0.6) is 0 Å². The average Bonchev–Trinajstić information content (AvgIpc) is 3.13. The Balaban J connectivity index is 1.93. The van der Waals surface area contributed by atoms with Crippen molar-refractivity contribution in [1.29, 1.82) is 0 Å². The summed E-state index contributed by atoms with van der Waals surface area (Å²) in [5, 5.41) is 12.5. The van der Waals surface area contributed by atoms with E-state index >= 15 is 0 Å². The minimum absolute atomic E-state index is 0.0275. The van der Waals surface area contributed by atoms with E-state index in [-0.39, 0.29) is 12.5 Å². The number of anilines is 2. The summed E-state index contributed by atoms with van der Waals surface area (Å²) in [5.74, 6) is -0.668. The van der Waals surface area contributed by atoms with E-state index in [1.165, 1.54) is 25.4 Å². The summed E-state index contributed by atoms with van der Waals surface area (Å²) >= 11 is 13.4. The molecule has 2 aromatic carbocycles. The van der Waals surface area contributed by atoms with E-state index < -0.39 is 5.97 Å². The number of nitrogens with zero attached hydrogens (tertiary/aromatic N) is 4. The summed E-state index contributed by atoms with van der Waals surface area (Å²) in [5.41, 5.74) is 2.21. The summed E-state index contributed by atoms with van der Waals surface area (Å²) in [6.45, 7) is 5.55. The number of fused-ring (bicyclic) bond motifs is 1. The molecule has 1 amide bonds. The van der Waals surface area contributed by atoms with Gasteiger partial charge in [-0.2, -0.15) is 0 Å². The van der Waals surface area contributed by atoms with E-state index in [1.807, 2.05) is 0 Å². The average molecular weight is 492 g/mol. The summed E-state index contributed by atoms with van der Waals surface area (Å²) in [6.07, 6.45) is 1.67. The molecule has 166 valence electrons. The first-order chi connectivity index (χ1) is 15.3. The smallest absolute Gasteiger partial charge is 0.325 e. The van der Waals surface area contributed by atoms with Crippen LogP contribution in [0.2, 0.25) is 10.0 Å². The molecule has 1 heterocycles. The second-order valence-corrected chi connectivity index (χ2v) is 8.38. The first kappa shape index (κ1) is 23.6. The summed E-state index contributed by atoms with van der Waals surface area (Å²) < 4.78 is 5.58. The van der Waals surface area contributed by atoms with Crippen molar-refractivity contribution in [2.24, 2.45) is 10.2 Å². The third-order valence-corrected chi connectivity index (χ3v) is 5.84. The lowest BCUT2D eigenvalue weighted by atomic mass is 10.2. The van der Waals surface area contributed by atoms with E-state index in [2.05, 4.69) is 27.1 Å². The molecule has 0 aliphatic rings. The number of hydrogen-bond donors (Lipinski definition) is 1. The highest BCUT2D eigenvalue weighted by molar-refractivity contribution is 7.22. The molecule has 0 atom stereocenters. The van der Waals surface area contributed by atoms with Crippen LogP contribution in [0.15, 0.2) is 53.2 Å². The molecule has 11 heteroatoms. The Bertz CT molecular complexity index is 1170. The lowest BCUT2D eigenvalue weighted by Gasteiger charge is -2.23. The number of nitrogens with one attached hydrogen (secondary N) is 1. The van der Waals surface area contributed by atoms with E-state index in [9.17, 15) is 9.59 Å². The molecule has 0 spiro atoms. The largest absolute Gasteiger partial charge is 0.468 e. The monoisotopic (exact) mass is 491 g/mol. The van der Waals surface area contributed by atoms with Crippen molar-refractivity contribution in [2.75, 3.05) is 30.4 Å². The van der Waals surface area contributed by atoms with Crippen molar-refractivity contribution in [2.45, 2.75) is 6.92 Å². The second-order valence-electron chi connectivity index (χ2n) is 6.56. The van der Waals surface area contributed by atoms with E-state index in [0.29, 0.717) is 44.3 Å². The van der Waals surface area contributed by atoms with Gasteiger partial charge in [0, 0.05) is 19.2 Å². The highest BCUT2D eigenvalue weighted by atomic mass is 35.5. The van der Waals surface area contributed by atoms with Crippen LogP contribution < -0.4 is 10.2 Å². The molecule has 3 rings (SSSR count). The van der Waals surface area contributed by atoms with Crippen LogP contribution in [-0.4, -0.2) is 37.1 Å². The third kappa shape index (κ3) is 5.82. The number of amides is 1. The van der Waals surface area contributed by atoms with Gasteiger partial charge in [-0.25, -0.2) is 4.98 Å². The first-order valence-corrected chi connectivity index (χ1v) is 10.9. The Morgan fingerprint density at radius 2 is 2.00 bits per heavy atom. The van der Waals surface area contributed by atoms with Crippen molar-refractivity contribution in [1.82, 2.24) is 4.98 Å². The maximum Gasteiger partial charge on any atom is 0.325 e. The number of methoxy groups -OCH3 is 1. The normalized spacial score (nSPS) is 11.0. The quantitative estimate of drug-likeness (QED) is 0.231. The number of azo groups is 1. The van der Waals surface area contributed by atoms with Gasteiger partial charge >= 0.3 is 5.97 Å². The summed E-state index contributed by atoms with van der Waals surface area (Å²) in [7, 11) is 1.32. The number of hydrogen-bond acceptors (Lipinski definition) is 8. The molecule has 0 aliphatic heterocycles. The van der Waals surface area contributed by atoms with Crippen molar-refractivity contribution < 1.29 is 14.3 Å². The van der Waals surface area contributed by atoms with Gasteiger partial charge in [0.05, 0.1) is 33.1 Å². The van der Waals surface area contributed by atoms with Gasteiger partial charge < -0.3 is 15.0 Å². The molecule has 0 bridgehead atoms. The van der Waals surface area contributed by atoms with E-state index in [4.69, 9.17) is 27.9 Å². The maximum atomic E-state index is 11.8. The molecule has 32 heavy (non-hydrogen) atoms. The maximum absolute atomic E-state index is 11.8. The van der Waals surface area contributed by atoms with Crippen molar-refractivity contribution in [3.8, 4) is 0 Å². The molecule has 0 aliphatic carbocycles. The molecule has 0 radical (unpaired) electrons. The van der Waals surface area contributed by atoms with E-state index in [0.717, 1.165) is 4.70 Å². The first-order valence-electron chi connectivity index (χ1n) is 9.32. The van der Waals surface area contributed by atoms with Crippen molar-refractivity contribution in [3.63, 3.8) is 0 Å². The number of thiazole rings is 1. The Labute approximate surface area is 198 Å². The number of halogens is 2. The SMILES string of the molecule is C=CCN(CC(=O)OC)c1ccc(N=Nc2nc3cc(Cl)c(Cl)cc3s2)c(NC(C)=O)c1. The minimum atomic E-state index is -0.396. The van der Waals surface area contributed by atoms with E-state index in [1.54, 1.807) is 41.3 Å². The van der Waals surface area contributed by atoms with Crippen molar-refractivity contribution in [3.05, 3.63) is 53.0 Å².